The number of hydrogen-bond acceptors (Lipinski definition) is 6. The van der Waals surface area contributed by atoms with E-state index < -0.39 is 28.9 Å². The molecule has 0 aromatic rings. The summed E-state index contributed by atoms with van der Waals surface area (Å²) in [6, 6.07) is 0. The van der Waals surface area contributed by atoms with E-state index >= 15 is 0 Å². The molecule has 0 spiro atoms. The third kappa shape index (κ3) is 3.01. The molecule has 7 nitrogen and oxygen atoms in total. The summed E-state index contributed by atoms with van der Waals surface area (Å²) in [4.78, 5) is 35.8. The van der Waals surface area contributed by atoms with E-state index in [1.165, 1.54) is 24.9 Å². The zero-order valence-corrected chi connectivity index (χ0v) is 13.0. The topological polar surface area (TPSA) is 115 Å². The van der Waals surface area contributed by atoms with E-state index in [4.69, 9.17) is 0 Å². The van der Waals surface area contributed by atoms with Gasteiger partial charge in [0.1, 0.15) is 0 Å². The zero-order valence-electron chi connectivity index (χ0n) is 13.0. The van der Waals surface area contributed by atoms with Crippen molar-refractivity contribution < 1.29 is 29.7 Å². The molecule has 0 saturated carbocycles. The summed E-state index contributed by atoms with van der Waals surface area (Å²) in [7, 11) is 1.49. The van der Waals surface area contributed by atoms with Crippen molar-refractivity contribution >= 4 is 17.5 Å². The van der Waals surface area contributed by atoms with E-state index in [0.29, 0.717) is 0 Å². The number of amides is 1. The van der Waals surface area contributed by atoms with Crippen molar-refractivity contribution in [1.29, 1.82) is 0 Å². The second-order valence-electron chi connectivity index (χ2n) is 5.54. The lowest BCUT2D eigenvalue weighted by molar-refractivity contribution is -0.162. The maximum absolute atomic E-state index is 11.8. The molecule has 22 heavy (non-hydrogen) atoms. The molecule has 122 valence electrons. The van der Waals surface area contributed by atoms with Gasteiger partial charge in [-0.3, -0.25) is 14.4 Å². The SMILES string of the molecule is CC(=O)N(C)CC(O)C1=CC(O)(C(C)=O)C(O)(C(C)=O)C=C1. The van der Waals surface area contributed by atoms with Gasteiger partial charge in [-0.1, -0.05) is 6.08 Å². The van der Waals surface area contributed by atoms with Crippen LogP contribution in [0.3, 0.4) is 0 Å². The molecule has 3 N–H and O–H groups in total. The van der Waals surface area contributed by atoms with Gasteiger partial charge >= 0.3 is 0 Å². The van der Waals surface area contributed by atoms with Crippen LogP contribution in [0.4, 0.5) is 0 Å². The zero-order chi connectivity index (χ0) is 17.3. The highest BCUT2D eigenvalue weighted by molar-refractivity contribution is 6.01. The predicted octanol–water partition coefficient (Wildman–Crippen LogP) is -1.04. The smallest absolute Gasteiger partial charge is 0.219 e. The second-order valence-corrected chi connectivity index (χ2v) is 5.54. The van der Waals surface area contributed by atoms with Crippen molar-refractivity contribution in [3.63, 3.8) is 0 Å². The maximum atomic E-state index is 11.8. The lowest BCUT2D eigenvalue weighted by Gasteiger charge is -2.39. The van der Waals surface area contributed by atoms with Gasteiger partial charge in [0.2, 0.25) is 5.91 Å². The second kappa shape index (κ2) is 6.12. The van der Waals surface area contributed by atoms with Crippen LogP contribution in [0, 0.1) is 0 Å². The molecule has 0 saturated heterocycles. The third-order valence-corrected chi connectivity index (χ3v) is 3.92. The minimum absolute atomic E-state index is 0.0575. The molecule has 3 atom stereocenters. The van der Waals surface area contributed by atoms with Crippen LogP contribution in [0.5, 0.6) is 0 Å². The minimum Gasteiger partial charge on any atom is -0.387 e. The lowest BCUT2D eigenvalue weighted by atomic mass is 9.72. The normalized spacial score (nSPS) is 28.8. The molecular weight excluding hydrogens is 290 g/mol. The third-order valence-electron chi connectivity index (χ3n) is 3.92. The van der Waals surface area contributed by atoms with Gasteiger partial charge in [-0.2, -0.15) is 0 Å². The number of rotatable bonds is 5. The Kier molecular flexibility index (Phi) is 5.06. The van der Waals surface area contributed by atoms with Gasteiger partial charge in [0, 0.05) is 14.0 Å². The average molecular weight is 311 g/mol. The predicted molar refractivity (Wildman–Crippen MR) is 77.8 cm³/mol. The molecule has 7 heteroatoms. The highest BCUT2D eigenvalue weighted by Crippen LogP contribution is 2.34. The Morgan fingerprint density at radius 2 is 1.64 bits per heavy atom. The number of hydrogen-bond donors (Lipinski definition) is 3. The molecule has 1 amide bonds. The molecule has 0 heterocycles. The van der Waals surface area contributed by atoms with Crippen LogP contribution in [0.1, 0.15) is 20.8 Å². The Morgan fingerprint density at radius 3 is 2.05 bits per heavy atom. The van der Waals surface area contributed by atoms with E-state index in [1.807, 2.05) is 0 Å². The van der Waals surface area contributed by atoms with Gasteiger partial charge in [-0.15, -0.1) is 0 Å². The van der Waals surface area contributed by atoms with Gasteiger partial charge in [0.05, 0.1) is 12.6 Å². The Bertz CT molecular complexity index is 566. The quantitative estimate of drug-likeness (QED) is 0.597. The first-order chi connectivity index (χ1) is 9.95. The largest absolute Gasteiger partial charge is 0.387 e. The molecule has 3 unspecified atom stereocenters. The number of aliphatic hydroxyl groups is 3. The van der Waals surface area contributed by atoms with Crippen LogP contribution in [0.25, 0.3) is 0 Å². The van der Waals surface area contributed by atoms with Gasteiger partial charge in [0.25, 0.3) is 0 Å². The van der Waals surface area contributed by atoms with Crippen molar-refractivity contribution in [1.82, 2.24) is 4.90 Å². The number of carbonyl (C=O) groups is 3. The van der Waals surface area contributed by atoms with E-state index in [9.17, 15) is 29.7 Å². The Labute approximate surface area is 128 Å². The van der Waals surface area contributed by atoms with Crippen molar-refractivity contribution in [3.8, 4) is 0 Å². The fourth-order valence-corrected chi connectivity index (χ4v) is 2.20. The van der Waals surface area contributed by atoms with Crippen molar-refractivity contribution in [2.75, 3.05) is 13.6 Å². The highest BCUT2D eigenvalue weighted by Gasteiger charge is 2.55. The number of Topliss-reactive ketones (excluding diaryl/α,β-unsaturated/α-hetero) is 2. The monoisotopic (exact) mass is 311 g/mol. The molecule has 1 aliphatic rings. The lowest BCUT2D eigenvalue weighted by Crippen LogP contribution is -2.61. The Balaban J connectivity index is 3.19. The van der Waals surface area contributed by atoms with E-state index in [-0.39, 0.29) is 18.0 Å². The summed E-state index contributed by atoms with van der Waals surface area (Å²) in [5.41, 5.74) is -4.70. The first-order valence-electron chi connectivity index (χ1n) is 6.74. The van der Waals surface area contributed by atoms with Crippen molar-refractivity contribution in [2.24, 2.45) is 0 Å². The molecule has 1 aliphatic carbocycles. The number of nitrogens with zero attached hydrogens (tertiary/aromatic N) is 1. The molecule has 0 fully saturated rings. The molecular formula is C15H21NO6. The summed E-state index contributed by atoms with van der Waals surface area (Å²) >= 11 is 0. The van der Waals surface area contributed by atoms with Crippen molar-refractivity contribution in [2.45, 2.75) is 38.1 Å². The fraction of sp³-hybridized carbons (Fsp3) is 0.533. The number of aliphatic hydroxyl groups excluding tert-OH is 1. The van der Waals surface area contributed by atoms with Gasteiger partial charge < -0.3 is 20.2 Å². The Morgan fingerprint density at radius 1 is 1.14 bits per heavy atom. The minimum atomic E-state index is -2.46. The summed E-state index contributed by atoms with van der Waals surface area (Å²) in [6.45, 7) is 3.36. The van der Waals surface area contributed by atoms with Crippen LogP contribution in [-0.2, 0) is 14.4 Å². The number of likely N-dealkylation sites (N-methyl/N-ethyl adjacent to an activating group) is 1. The van der Waals surface area contributed by atoms with Crippen molar-refractivity contribution in [3.05, 3.63) is 23.8 Å². The first-order valence-corrected chi connectivity index (χ1v) is 6.74. The van der Waals surface area contributed by atoms with Crippen LogP contribution in [0.2, 0.25) is 0 Å². The maximum Gasteiger partial charge on any atom is 0.219 e. The molecule has 0 aromatic heterocycles. The summed E-state index contributed by atoms with van der Waals surface area (Å²) in [5.74, 6) is -1.90. The van der Waals surface area contributed by atoms with Crippen LogP contribution in [0.15, 0.2) is 23.8 Å². The molecule has 0 radical (unpaired) electrons. The molecule has 0 aliphatic heterocycles. The van der Waals surface area contributed by atoms with Gasteiger partial charge in [-0.25, -0.2) is 0 Å². The summed E-state index contributed by atoms with van der Waals surface area (Å²) in [5, 5.41) is 30.9. The standard InChI is InChI=1S/C15H21NO6/c1-9(17)14(21)6-5-12(7-15(14,22)10(2)18)13(20)8-16(4)11(3)19/h5-7,13,20-22H,8H2,1-4H3. The summed E-state index contributed by atoms with van der Waals surface area (Å²) < 4.78 is 0. The Hall–Kier alpha value is -1.83. The molecule has 0 aromatic carbocycles. The first kappa shape index (κ1) is 18.2. The highest BCUT2D eigenvalue weighted by atomic mass is 16.4. The van der Waals surface area contributed by atoms with E-state index in [0.717, 1.165) is 26.0 Å². The van der Waals surface area contributed by atoms with E-state index in [2.05, 4.69) is 0 Å². The number of carbonyl (C=O) groups excluding carboxylic acids is 3. The average Bonchev–Trinajstić information content (AvgIpc) is 2.41. The molecule has 0 bridgehead atoms. The van der Waals surface area contributed by atoms with E-state index in [1.54, 1.807) is 0 Å². The number of ketones is 2. The van der Waals surface area contributed by atoms with Crippen LogP contribution in [-0.4, -0.2) is 68.6 Å². The summed E-state index contributed by atoms with van der Waals surface area (Å²) in [6.07, 6.45) is 2.04. The molecule has 1 rings (SSSR count). The van der Waals surface area contributed by atoms with Crippen LogP contribution >= 0.6 is 0 Å². The van der Waals surface area contributed by atoms with Gasteiger partial charge in [0.15, 0.2) is 22.8 Å². The fourth-order valence-electron chi connectivity index (χ4n) is 2.20. The van der Waals surface area contributed by atoms with Gasteiger partial charge in [-0.05, 0) is 31.6 Å². The van der Waals surface area contributed by atoms with Crippen LogP contribution < -0.4 is 0 Å².